The van der Waals surface area contributed by atoms with Crippen molar-refractivity contribution in [3.05, 3.63) is 24.0 Å². The number of aryl methyl sites for hydroxylation is 2. The van der Waals surface area contributed by atoms with E-state index >= 15 is 0 Å². The van der Waals surface area contributed by atoms with Gasteiger partial charge in [0.15, 0.2) is 0 Å². The largest absolute Gasteiger partial charge is 0.444 e. The molecule has 0 unspecified atom stereocenters. The number of halogens is 4. The lowest BCUT2D eigenvalue weighted by molar-refractivity contribution is -0.130. The molecule has 0 aliphatic carbocycles. The van der Waals surface area contributed by atoms with Crippen LogP contribution in [-0.2, 0) is 27.8 Å². The van der Waals surface area contributed by atoms with Gasteiger partial charge in [-0.1, -0.05) is 13.8 Å². The van der Waals surface area contributed by atoms with Gasteiger partial charge in [0, 0.05) is 51.1 Å². The van der Waals surface area contributed by atoms with Crippen LogP contribution < -0.4 is 20.9 Å². The highest BCUT2D eigenvalue weighted by molar-refractivity contribution is 6.18. The van der Waals surface area contributed by atoms with Crippen LogP contribution in [0.2, 0.25) is 0 Å². The number of nitrogens with one attached hydrogen (secondary N) is 3. The van der Waals surface area contributed by atoms with Gasteiger partial charge in [0.25, 0.3) is 0 Å². The monoisotopic (exact) mass is 670 g/mol. The Morgan fingerprint density at radius 1 is 1.02 bits per heavy atom. The molecule has 0 saturated heterocycles. The van der Waals surface area contributed by atoms with Gasteiger partial charge in [-0.25, -0.2) is 9.78 Å². The maximum atomic E-state index is 13.4. The number of amides is 3. The van der Waals surface area contributed by atoms with Gasteiger partial charge in [-0.05, 0) is 57.7 Å². The number of imidazole rings is 1. The number of nitrogens with zero attached hydrogens (tertiary/aromatic N) is 3. The highest BCUT2D eigenvalue weighted by Crippen LogP contribution is 2.23. The molecule has 1 aromatic carbocycles. The van der Waals surface area contributed by atoms with Crippen molar-refractivity contribution < 1.29 is 19.1 Å². The molecule has 240 valence electrons. The number of rotatable bonds is 14. The minimum atomic E-state index is -0.938. The Labute approximate surface area is 271 Å². The molecule has 42 heavy (non-hydrogen) atoms. The number of aromatic nitrogens is 2. The third-order valence-electron chi connectivity index (χ3n) is 6.28. The van der Waals surface area contributed by atoms with E-state index in [-0.39, 0.29) is 43.1 Å². The van der Waals surface area contributed by atoms with Crippen LogP contribution in [-0.4, -0.2) is 77.0 Å². The zero-order valence-electron chi connectivity index (χ0n) is 25.5. The number of hydrogen-bond donors (Lipinski definition) is 3. The second kappa shape index (κ2) is 18.5. The zero-order chi connectivity index (χ0) is 30.0. The van der Waals surface area contributed by atoms with E-state index in [9.17, 15) is 14.4 Å². The lowest BCUT2D eigenvalue weighted by atomic mass is 10.0. The second-order valence-electron chi connectivity index (χ2n) is 11.2. The number of likely N-dealkylation sites (N-methyl/N-ethyl adjacent to an activating group) is 1. The third-order valence-corrected chi connectivity index (χ3v) is 6.62. The molecule has 10 nitrogen and oxygen atoms in total. The molecule has 0 spiro atoms. The highest BCUT2D eigenvalue weighted by atomic mass is 35.5. The standard InChI is InChI=1S/C28H44Cl2N6O4.2ClH/c1-18(2)16-22(25(37)31-6)33-26(38)20(34-27(39)40-28(3,4)5)9-11-24-32-21-17-19(8-10-23(21)35(24)7)36(14-12-29)15-13-30;;/h8,10,17-18,20,22H,9,11-16H2,1-7H3,(H,31,37)(H,33,38)(H,34,39);2*1H/t20-,22-;;/m0../s1. The third kappa shape index (κ3) is 12.2. The summed E-state index contributed by atoms with van der Waals surface area (Å²) in [5.74, 6) is 1.14. The van der Waals surface area contributed by atoms with E-state index in [4.69, 9.17) is 32.9 Å². The number of carbonyl (C=O) groups excluding carboxylic acids is 3. The smallest absolute Gasteiger partial charge is 0.408 e. The molecule has 3 amide bonds. The fourth-order valence-electron chi connectivity index (χ4n) is 4.37. The van der Waals surface area contributed by atoms with Gasteiger partial charge >= 0.3 is 6.09 Å². The first-order chi connectivity index (χ1) is 18.8. The highest BCUT2D eigenvalue weighted by Gasteiger charge is 2.29. The maximum Gasteiger partial charge on any atom is 0.408 e. The van der Waals surface area contributed by atoms with E-state index in [1.807, 2.05) is 43.7 Å². The van der Waals surface area contributed by atoms with Crippen LogP contribution in [0, 0.1) is 5.92 Å². The van der Waals surface area contributed by atoms with E-state index < -0.39 is 29.7 Å². The van der Waals surface area contributed by atoms with Crippen molar-refractivity contribution in [1.82, 2.24) is 25.5 Å². The van der Waals surface area contributed by atoms with Crippen LogP contribution in [0.4, 0.5) is 10.5 Å². The number of alkyl halides is 2. The van der Waals surface area contributed by atoms with Crippen molar-refractivity contribution in [2.75, 3.05) is 36.8 Å². The van der Waals surface area contributed by atoms with Gasteiger partial charge in [0.1, 0.15) is 23.5 Å². The van der Waals surface area contributed by atoms with Crippen LogP contribution in [0.15, 0.2) is 18.2 Å². The molecule has 1 aromatic heterocycles. The molecule has 2 rings (SSSR count). The first-order valence-electron chi connectivity index (χ1n) is 13.6. The van der Waals surface area contributed by atoms with E-state index in [2.05, 4.69) is 20.9 Å². The Bertz CT molecular complexity index is 1150. The number of benzene rings is 1. The van der Waals surface area contributed by atoms with Crippen LogP contribution in [0.1, 0.15) is 53.3 Å². The Morgan fingerprint density at radius 3 is 2.17 bits per heavy atom. The second-order valence-corrected chi connectivity index (χ2v) is 11.9. The number of ether oxygens (including phenoxy) is 1. The normalized spacial score (nSPS) is 12.5. The topological polar surface area (TPSA) is 118 Å². The number of alkyl carbamates (subject to hydrolysis) is 1. The van der Waals surface area contributed by atoms with Crippen LogP contribution >= 0.6 is 48.0 Å². The van der Waals surface area contributed by atoms with Crippen molar-refractivity contribution in [2.45, 2.75) is 71.6 Å². The van der Waals surface area contributed by atoms with Crippen molar-refractivity contribution >= 4 is 82.6 Å². The van der Waals surface area contributed by atoms with Crippen molar-refractivity contribution in [2.24, 2.45) is 13.0 Å². The molecule has 3 N–H and O–H groups in total. The number of carbonyl (C=O) groups is 3. The average molecular weight is 673 g/mol. The zero-order valence-corrected chi connectivity index (χ0v) is 28.6. The molecule has 0 fully saturated rings. The van der Waals surface area contributed by atoms with E-state index in [0.29, 0.717) is 37.7 Å². The summed E-state index contributed by atoms with van der Waals surface area (Å²) in [6.07, 6.45) is 0.404. The minimum absolute atomic E-state index is 0. The summed E-state index contributed by atoms with van der Waals surface area (Å²) in [5.41, 5.74) is 1.99. The van der Waals surface area contributed by atoms with E-state index in [1.54, 1.807) is 20.8 Å². The SMILES string of the molecule is CNC(=O)[C@H](CC(C)C)NC(=O)[C@H](CCc1nc2cc(N(CCCl)CCCl)ccc2n1C)NC(=O)OC(C)(C)C.Cl.Cl. The Hall–Kier alpha value is -2.14. The van der Waals surface area contributed by atoms with Crippen LogP contribution in [0.25, 0.3) is 11.0 Å². The molecule has 0 bridgehead atoms. The van der Waals surface area contributed by atoms with Crippen LogP contribution in [0.5, 0.6) is 0 Å². The Kier molecular flexibility index (Phi) is 17.6. The molecular weight excluding hydrogens is 626 g/mol. The molecular formula is C28H46Cl4N6O4. The molecule has 0 aliphatic rings. The summed E-state index contributed by atoms with van der Waals surface area (Å²) in [7, 11) is 3.44. The van der Waals surface area contributed by atoms with Gasteiger partial charge in [-0.2, -0.15) is 0 Å². The van der Waals surface area contributed by atoms with Crippen molar-refractivity contribution in [3.63, 3.8) is 0 Å². The number of anilines is 1. The Morgan fingerprint density at radius 2 is 1.64 bits per heavy atom. The molecule has 0 aliphatic heterocycles. The Balaban J connectivity index is 0.00000840. The van der Waals surface area contributed by atoms with Gasteiger partial charge in [0.2, 0.25) is 11.8 Å². The van der Waals surface area contributed by atoms with Gasteiger partial charge < -0.3 is 30.2 Å². The quantitative estimate of drug-likeness (QED) is 0.248. The fraction of sp³-hybridized carbons (Fsp3) is 0.643. The van der Waals surface area contributed by atoms with Gasteiger partial charge in [0.05, 0.1) is 11.0 Å². The molecule has 2 atom stereocenters. The summed E-state index contributed by atoms with van der Waals surface area (Å²) in [6, 6.07) is 4.35. The summed E-state index contributed by atoms with van der Waals surface area (Å²) < 4.78 is 7.38. The summed E-state index contributed by atoms with van der Waals surface area (Å²) in [4.78, 5) is 45.3. The van der Waals surface area contributed by atoms with Crippen LogP contribution in [0.3, 0.4) is 0 Å². The predicted octanol–water partition coefficient (Wildman–Crippen LogP) is 4.80. The van der Waals surface area contributed by atoms with E-state index in [1.165, 1.54) is 7.05 Å². The molecule has 14 heteroatoms. The van der Waals surface area contributed by atoms with Crippen molar-refractivity contribution in [3.8, 4) is 0 Å². The minimum Gasteiger partial charge on any atom is -0.444 e. The summed E-state index contributed by atoms with van der Waals surface area (Å²) in [6.45, 7) is 10.5. The first kappa shape index (κ1) is 39.9. The van der Waals surface area contributed by atoms with Gasteiger partial charge in [-0.15, -0.1) is 48.0 Å². The lowest BCUT2D eigenvalue weighted by Gasteiger charge is -2.25. The summed E-state index contributed by atoms with van der Waals surface area (Å²) >= 11 is 12.0. The number of hydrogen-bond acceptors (Lipinski definition) is 6. The predicted molar refractivity (Wildman–Crippen MR) is 176 cm³/mol. The molecule has 2 aromatic rings. The summed E-state index contributed by atoms with van der Waals surface area (Å²) in [5, 5.41) is 8.10. The molecule has 1 heterocycles. The lowest BCUT2D eigenvalue weighted by Crippen LogP contribution is -2.54. The molecule has 0 radical (unpaired) electrons. The van der Waals surface area contributed by atoms with E-state index in [0.717, 1.165) is 22.5 Å². The molecule has 0 saturated carbocycles. The fourth-order valence-corrected chi connectivity index (χ4v) is 4.78. The maximum absolute atomic E-state index is 13.4. The van der Waals surface area contributed by atoms with Crippen molar-refractivity contribution in [1.29, 1.82) is 0 Å². The number of fused-ring (bicyclic) bond motifs is 1. The first-order valence-corrected chi connectivity index (χ1v) is 14.7. The van der Waals surface area contributed by atoms with Gasteiger partial charge in [-0.3, -0.25) is 9.59 Å². The average Bonchev–Trinajstić information content (AvgIpc) is 3.18.